The molecule has 0 spiro atoms. The second kappa shape index (κ2) is 6.77. The number of hydrogen-bond donors (Lipinski definition) is 1. The van der Waals surface area contributed by atoms with Gasteiger partial charge in [0.25, 0.3) is 0 Å². The van der Waals surface area contributed by atoms with Crippen LogP contribution in [0.1, 0.15) is 37.1 Å². The molecular formula is C16H18N2O. The SMILES string of the molecule is CCC(CC#N)NC(c1ccccc1)c1ccco1. The monoisotopic (exact) mass is 254 g/mol. The lowest BCUT2D eigenvalue weighted by Gasteiger charge is -2.22. The summed E-state index contributed by atoms with van der Waals surface area (Å²) >= 11 is 0. The van der Waals surface area contributed by atoms with Crippen LogP contribution in [0.4, 0.5) is 0 Å². The van der Waals surface area contributed by atoms with Crippen LogP contribution in [0.25, 0.3) is 0 Å². The average Bonchev–Trinajstić information content (AvgIpc) is 2.98. The fourth-order valence-corrected chi connectivity index (χ4v) is 2.11. The van der Waals surface area contributed by atoms with E-state index in [4.69, 9.17) is 9.68 Å². The van der Waals surface area contributed by atoms with Gasteiger partial charge in [0, 0.05) is 6.04 Å². The zero-order valence-corrected chi connectivity index (χ0v) is 11.0. The summed E-state index contributed by atoms with van der Waals surface area (Å²) in [5.41, 5.74) is 1.15. The molecule has 0 aliphatic rings. The van der Waals surface area contributed by atoms with E-state index in [1.807, 2.05) is 30.3 Å². The number of nitrogens with zero attached hydrogens (tertiary/aromatic N) is 1. The van der Waals surface area contributed by atoms with Crippen LogP contribution >= 0.6 is 0 Å². The second-order valence-corrected chi connectivity index (χ2v) is 4.49. The van der Waals surface area contributed by atoms with Crippen molar-refractivity contribution >= 4 is 0 Å². The van der Waals surface area contributed by atoms with Crippen molar-refractivity contribution in [3.8, 4) is 6.07 Å². The molecule has 3 heteroatoms. The highest BCUT2D eigenvalue weighted by Gasteiger charge is 2.19. The van der Waals surface area contributed by atoms with Gasteiger partial charge in [-0.3, -0.25) is 5.32 Å². The fourth-order valence-electron chi connectivity index (χ4n) is 2.11. The van der Waals surface area contributed by atoms with E-state index in [1.54, 1.807) is 6.26 Å². The minimum Gasteiger partial charge on any atom is -0.467 e. The number of rotatable bonds is 6. The molecule has 2 unspecified atom stereocenters. The summed E-state index contributed by atoms with van der Waals surface area (Å²) in [6.45, 7) is 2.08. The van der Waals surface area contributed by atoms with Crippen molar-refractivity contribution in [1.29, 1.82) is 5.26 Å². The Hall–Kier alpha value is -2.05. The van der Waals surface area contributed by atoms with Gasteiger partial charge in [-0.2, -0.15) is 5.26 Å². The molecule has 0 aliphatic carbocycles. The fraction of sp³-hybridized carbons (Fsp3) is 0.312. The van der Waals surface area contributed by atoms with Gasteiger partial charge < -0.3 is 4.42 Å². The van der Waals surface area contributed by atoms with E-state index in [1.165, 1.54) is 0 Å². The van der Waals surface area contributed by atoms with Gasteiger partial charge in [0.2, 0.25) is 0 Å². The maximum Gasteiger partial charge on any atom is 0.125 e. The summed E-state index contributed by atoms with van der Waals surface area (Å²) in [6.07, 6.45) is 3.09. The Morgan fingerprint density at radius 1 is 1.21 bits per heavy atom. The molecule has 0 radical (unpaired) electrons. The zero-order valence-electron chi connectivity index (χ0n) is 11.0. The summed E-state index contributed by atoms with van der Waals surface area (Å²) < 4.78 is 5.53. The Morgan fingerprint density at radius 2 is 2.00 bits per heavy atom. The number of benzene rings is 1. The van der Waals surface area contributed by atoms with Crippen LogP contribution in [0, 0.1) is 11.3 Å². The zero-order chi connectivity index (χ0) is 13.5. The summed E-state index contributed by atoms with van der Waals surface area (Å²) in [5, 5.41) is 12.4. The molecule has 98 valence electrons. The standard InChI is InChI=1S/C16H18N2O/c1-2-14(10-11-17)18-16(15-9-6-12-19-15)13-7-4-3-5-8-13/h3-9,12,14,16,18H,2,10H2,1H3. The third-order valence-electron chi connectivity index (χ3n) is 3.19. The number of nitriles is 1. The van der Waals surface area contributed by atoms with E-state index in [0.29, 0.717) is 6.42 Å². The van der Waals surface area contributed by atoms with Gasteiger partial charge in [-0.15, -0.1) is 0 Å². The number of hydrogen-bond acceptors (Lipinski definition) is 3. The van der Waals surface area contributed by atoms with Gasteiger partial charge in [0.15, 0.2) is 0 Å². The van der Waals surface area contributed by atoms with Crippen molar-refractivity contribution in [3.63, 3.8) is 0 Å². The number of furan rings is 1. The second-order valence-electron chi connectivity index (χ2n) is 4.49. The summed E-state index contributed by atoms with van der Waals surface area (Å²) in [7, 11) is 0. The summed E-state index contributed by atoms with van der Waals surface area (Å²) in [5.74, 6) is 0.877. The highest BCUT2D eigenvalue weighted by Crippen LogP contribution is 2.23. The van der Waals surface area contributed by atoms with Crippen molar-refractivity contribution in [2.75, 3.05) is 0 Å². The van der Waals surface area contributed by atoms with Crippen molar-refractivity contribution < 1.29 is 4.42 Å². The largest absolute Gasteiger partial charge is 0.467 e. The van der Waals surface area contributed by atoms with Gasteiger partial charge in [0.1, 0.15) is 5.76 Å². The Labute approximate surface area is 113 Å². The third kappa shape index (κ3) is 3.46. The average molecular weight is 254 g/mol. The van der Waals surface area contributed by atoms with E-state index < -0.39 is 0 Å². The molecule has 2 atom stereocenters. The molecule has 0 amide bonds. The number of nitrogens with one attached hydrogen (secondary N) is 1. The molecule has 1 N–H and O–H groups in total. The lowest BCUT2D eigenvalue weighted by atomic mass is 10.0. The molecular weight excluding hydrogens is 236 g/mol. The van der Waals surface area contributed by atoms with Crippen LogP contribution in [-0.2, 0) is 0 Å². The summed E-state index contributed by atoms with van der Waals surface area (Å²) in [6, 6.07) is 16.4. The molecule has 2 aromatic rings. The first-order chi connectivity index (χ1) is 9.35. The Morgan fingerprint density at radius 3 is 2.58 bits per heavy atom. The third-order valence-corrected chi connectivity index (χ3v) is 3.19. The van der Waals surface area contributed by atoms with Gasteiger partial charge in [-0.1, -0.05) is 37.3 Å². The van der Waals surface area contributed by atoms with E-state index in [-0.39, 0.29) is 12.1 Å². The molecule has 0 bridgehead atoms. The molecule has 1 aromatic heterocycles. The van der Waals surface area contributed by atoms with Gasteiger partial charge in [-0.25, -0.2) is 0 Å². The van der Waals surface area contributed by atoms with Gasteiger partial charge in [-0.05, 0) is 24.1 Å². The maximum absolute atomic E-state index is 8.87. The maximum atomic E-state index is 8.87. The first-order valence-electron chi connectivity index (χ1n) is 6.56. The van der Waals surface area contributed by atoms with Crippen molar-refractivity contribution in [3.05, 3.63) is 60.1 Å². The van der Waals surface area contributed by atoms with Gasteiger partial charge >= 0.3 is 0 Å². The van der Waals surface area contributed by atoms with Crippen LogP contribution in [0.3, 0.4) is 0 Å². The van der Waals surface area contributed by atoms with Gasteiger partial charge in [0.05, 0.1) is 24.8 Å². The first-order valence-corrected chi connectivity index (χ1v) is 6.56. The summed E-state index contributed by atoms with van der Waals surface area (Å²) in [4.78, 5) is 0. The quantitative estimate of drug-likeness (QED) is 0.856. The molecule has 1 aromatic carbocycles. The molecule has 0 aliphatic heterocycles. The normalized spacial score (nSPS) is 13.7. The highest BCUT2D eigenvalue weighted by molar-refractivity contribution is 5.26. The first kappa shape index (κ1) is 13.4. The lowest BCUT2D eigenvalue weighted by Crippen LogP contribution is -2.32. The molecule has 1 heterocycles. The Bertz CT molecular complexity index is 513. The van der Waals surface area contributed by atoms with E-state index >= 15 is 0 Å². The Kier molecular flexibility index (Phi) is 4.77. The van der Waals surface area contributed by atoms with Crippen molar-refractivity contribution in [2.24, 2.45) is 0 Å². The van der Waals surface area contributed by atoms with Crippen molar-refractivity contribution in [2.45, 2.75) is 31.8 Å². The van der Waals surface area contributed by atoms with E-state index in [0.717, 1.165) is 17.7 Å². The van der Waals surface area contributed by atoms with Crippen LogP contribution in [0.15, 0.2) is 53.1 Å². The van der Waals surface area contributed by atoms with Crippen molar-refractivity contribution in [1.82, 2.24) is 5.32 Å². The predicted molar refractivity (Wildman–Crippen MR) is 74.4 cm³/mol. The highest BCUT2D eigenvalue weighted by atomic mass is 16.3. The van der Waals surface area contributed by atoms with E-state index in [2.05, 4.69) is 30.4 Å². The molecule has 19 heavy (non-hydrogen) atoms. The molecule has 0 saturated heterocycles. The van der Waals surface area contributed by atoms with E-state index in [9.17, 15) is 0 Å². The molecule has 2 rings (SSSR count). The minimum atomic E-state index is -0.00509. The van der Waals surface area contributed by atoms with Crippen LogP contribution < -0.4 is 5.32 Å². The Balaban J connectivity index is 2.23. The predicted octanol–water partition coefficient (Wildman–Crippen LogP) is 3.65. The van der Waals surface area contributed by atoms with Crippen LogP contribution in [-0.4, -0.2) is 6.04 Å². The van der Waals surface area contributed by atoms with Crippen LogP contribution in [0.5, 0.6) is 0 Å². The molecule has 3 nitrogen and oxygen atoms in total. The molecule has 0 fully saturated rings. The smallest absolute Gasteiger partial charge is 0.125 e. The van der Waals surface area contributed by atoms with Crippen LogP contribution in [0.2, 0.25) is 0 Å². The molecule has 0 saturated carbocycles. The minimum absolute atomic E-state index is 0.00509. The lowest BCUT2D eigenvalue weighted by molar-refractivity contribution is 0.399. The topological polar surface area (TPSA) is 49.0 Å².